The molecule has 2 rings (SSSR count). The van der Waals surface area contributed by atoms with Gasteiger partial charge in [-0.05, 0) is 19.1 Å². The van der Waals surface area contributed by atoms with Crippen LogP contribution in [0.4, 0.5) is 5.82 Å². The van der Waals surface area contributed by atoms with Gasteiger partial charge in [0.15, 0.2) is 5.78 Å². The number of anilines is 1. The molecule has 5 heteroatoms. The predicted molar refractivity (Wildman–Crippen MR) is 70.2 cm³/mol. The molecule has 0 spiro atoms. The van der Waals surface area contributed by atoms with Crippen molar-refractivity contribution in [2.24, 2.45) is 0 Å². The molecular formula is C13H15N3O2. The van der Waals surface area contributed by atoms with Gasteiger partial charge in [0.2, 0.25) is 0 Å². The third-order valence-corrected chi connectivity index (χ3v) is 2.68. The number of rotatable bonds is 4. The minimum atomic E-state index is -0.316. The van der Waals surface area contributed by atoms with E-state index >= 15 is 0 Å². The number of hydrogen-bond donors (Lipinski definition) is 1. The number of ketones is 1. The van der Waals surface area contributed by atoms with Crippen LogP contribution >= 0.6 is 0 Å². The minimum absolute atomic E-state index is 0.142. The van der Waals surface area contributed by atoms with Crippen LogP contribution in [0, 0.1) is 0 Å². The van der Waals surface area contributed by atoms with E-state index in [1.807, 2.05) is 6.92 Å². The first kappa shape index (κ1) is 12.3. The van der Waals surface area contributed by atoms with Gasteiger partial charge in [0, 0.05) is 19.2 Å². The van der Waals surface area contributed by atoms with E-state index in [0.717, 1.165) is 0 Å². The third kappa shape index (κ3) is 1.99. The van der Waals surface area contributed by atoms with Crippen LogP contribution in [0.25, 0.3) is 5.65 Å². The number of carbonyl (C=O) groups excluding carboxylic acids is 1. The molecule has 1 N–H and O–H groups in total. The van der Waals surface area contributed by atoms with E-state index < -0.39 is 0 Å². The average Bonchev–Trinajstić information content (AvgIpc) is 2.39. The van der Waals surface area contributed by atoms with Crippen molar-refractivity contribution in [2.75, 3.05) is 11.9 Å². The van der Waals surface area contributed by atoms with Crippen LogP contribution in [-0.4, -0.2) is 21.7 Å². The number of nitrogens with zero attached hydrogens (tertiary/aromatic N) is 2. The molecule has 2 aromatic heterocycles. The zero-order valence-corrected chi connectivity index (χ0v) is 10.4. The number of pyridine rings is 1. The van der Waals surface area contributed by atoms with E-state index in [0.29, 0.717) is 18.0 Å². The van der Waals surface area contributed by atoms with Crippen molar-refractivity contribution in [1.29, 1.82) is 0 Å². The van der Waals surface area contributed by atoms with E-state index in [1.54, 1.807) is 31.3 Å². The lowest BCUT2D eigenvalue weighted by Gasteiger charge is -2.09. The Morgan fingerprint density at radius 1 is 1.39 bits per heavy atom. The summed E-state index contributed by atoms with van der Waals surface area (Å²) in [5.41, 5.74) is 0.359. The van der Waals surface area contributed by atoms with E-state index in [1.165, 1.54) is 4.40 Å². The molecule has 2 aromatic rings. The van der Waals surface area contributed by atoms with Gasteiger partial charge in [-0.15, -0.1) is 0 Å². The van der Waals surface area contributed by atoms with E-state index in [9.17, 15) is 9.59 Å². The van der Waals surface area contributed by atoms with Crippen LogP contribution in [0.15, 0.2) is 29.2 Å². The van der Waals surface area contributed by atoms with Gasteiger partial charge in [-0.1, -0.05) is 13.0 Å². The van der Waals surface area contributed by atoms with Crippen molar-refractivity contribution in [3.05, 3.63) is 40.3 Å². The van der Waals surface area contributed by atoms with Crippen molar-refractivity contribution in [2.45, 2.75) is 20.3 Å². The molecule has 0 radical (unpaired) electrons. The van der Waals surface area contributed by atoms with Gasteiger partial charge in [-0.3, -0.25) is 14.0 Å². The molecule has 2 heterocycles. The van der Waals surface area contributed by atoms with Gasteiger partial charge in [0.25, 0.3) is 5.56 Å². The van der Waals surface area contributed by atoms with Crippen LogP contribution < -0.4 is 10.9 Å². The highest BCUT2D eigenvalue weighted by atomic mass is 16.1. The lowest BCUT2D eigenvalue weighted by atomic mass is 10.1. The topological polar surface area (TPSA) is 63.5 Å². The zero-order valence-electron chi connectivity index (χ0n) is 10.4. The summed E-state index contributed by atoms with van der Waals surface area (Å²) in [4.78, 5) is 28.5. The summed E-state index contributed by atoms with van der Waals surface area (Å²) in [6.45, 7) is 4.24. The Hall–Kier alpha value is -2.17. The van der Waals surface area contributed by atoms with Crippen molar-refractivity contribution in [3.8, 4) is 0 Å². The maximum atomic E-state index is 12.3. The minimum Gasteiger partial charge on any atom is -0.370 e. The summed E-state index contributed by atoms with van der Waals surface area (Å²) in [5.74, 6) is 0.183. The number of nitrogens with one attached hydrogen (secondary N) is 1. The van der Waals surface area contributed by atoms with Crippen molar-refractivity contribution in [3.63, 3.8) is 0 Å². The summed E-state index contributed by atoms with van der Waals surface area (Å²) < 4.78 is 1.39. The smallest absolute Gasteiger partial charge is 0.270 e. The number of carbonyl (C=O) groups is 1. The molecule has 0 atom stereocenters. The Morgan fingerprint density at radius 2 is 2.17 bits per heavy atom. The van der Waals surface area contributed by atoms with Crippen LogP contribution in [-0.2, 0) is 0 Å². The number of Topliss-reactive ketones (excluding diaryl/α,β-unsaturated/α-hetero) is 1. The summed E-state index contributed by atoms with van der Waals surface area (Å²) in [6.07, 6.45) is 1.90. The lowest BCUT2D eigenvalue weighted by molar-refractivity contribution is 0.0987. The quantitative estimate of drug-likeness (QED) is 0.833. The molecule has 0 fully saturated rings. The standard InChI is InChI=1S/C13H15N3O2/c1-3-9(17)11-12(14-4-2)15-10-7-5-6-8-16(10)13(11)18/h5-8,14H,3-4H2,1-2H3. The second-order valence-corrected chi connectivity index (χ2v) is 3.88. The largest absolute Gasteiger partial charge is 0.370 e. The molecule has 0 aliphatic rings. The Balaban J connectivity index is 2.79. The second kappa shape index (κ2) is 5.00. The number of hydrogen-bond acceptors (Lipinski definition) is 4. The van der Waals surface area contributed by atoms with E-state index in [4.69, 9.17) is 0 Å². The molecule has 0 unspecified atom stereocenters. The first-order valence-corrected chi connectivity index (χ1v) is 5.97. The van der Waals surface area contributed by atoms with Gasteiger partial charge >= 0.3 is 0 Å². The summed E-state index contributed by atoms with van der Waals surface area (Å²) in [7, 11) is 0. The van der Waals surface area contributed by atoms with E-state index in [2.05, 4.69) is 10.3 Å². The highest BCUT2D eigenvalue weighted by molar-refractivity contribution is 6.00. The van der Waals surface area contributed by atoms with Crippen molar-refractivity contribution < 1.29 is 4.79 Å². The number of aromatic nitrogens is 2. The second-order valence-electron chi connectivity index (χ2n) is 3.88. The molecule has 0 aliphatic heterocycles. The Kier molecular flexibility index (Phi) is 3.41. The monoisotopic (exact) mass is 245 g/mol. The van der Waals surface area contributed by atoms with Crippen LogP contribution in [0.5, 0.6) is 0 Å². The van der Waals surface area contributed by atoms with Crippen LogP contribution in [0.3, 0.4) is 0 Å². The van der Waals surface area contributed by atoms with Crippen molar-refractivity contribution in [1.82, 2.24) is 9.38 Å². The third-order valence-electron chi connectivity index (χ3n) is 2.68. The summed E-state index contributed by atoms with van der Waals surface area (Å²) in [5, 5.41) is 2.98. The summed E-state index contributed by atoms with van der Waals surface area (Å²) >= 11 is 0. The molecule has 0 aliphatic carbocycles. The van der Waals surface area contributed by atoms with Gasteiger partial charge in [-0.25, -0.2) is 4.98 Å². The molecule has 0 bridgehead atoms. The highest BCUT2D eigenvalue weighted by Crippen LogP contribution is 2.12. The van der Waals surface area contributed by atoms with Gasteiger partial charge in [-0.2, -0.15) is 0 Å². The maximum absolute atomic E-state index is 12.3. The molecule has 0 amide bonds. The fraction of sp³-hybridized carbons (Fsp3) is 0.308. The fourth-order valence-electron chi connectivity index (χ4n) is 1.81. The first-order chi connectivity index (χ1) is 8.69. The van der Waals surface area contributed by atoms with Gasteiger partial charge in [0.1, 0.15) is 17.0 Å². The normalized spacial score (nSPS) is 10.6. The molecule has 94 valence electrons. The summed E-state index contributed by atoms with van der Waals surface area (Å²) in [6, 6.07) is 5.28. The predicted octanol–water partition coefficient (Wildman–Crippen LogP) is 1.72. The first-order valence-electron chi connectivity index (χ1n) is 5.97. The Bertz CT molecular complexity index is 646. The average molecular weight is 245 g/mol. The molecular weight excluding hydrogens is 230 g/mol. The Morgan fingerprint density at radius 3 is 2.83 bits per heavy atom. The van der Waals surface area contributed by atoms with Crippen LogP contribution in [0.2, 0.25) is 0 Å². The van der Waals surface area contributed by atoms with Crippen LogP contribution in [0.1, 0.15) is 30.6 Å². The van der Waals surface area contributed by atoms with Crippen molar-refractivity contribution >= 4 is 17.2 Å². The molecule has 5 nitrogen and oxygen atoms in total. The Labute approximate surface area is 104 Å². The highest BCUT2D eigenvalue weighted by Gasteiger charge is 2.17. The number of fused-ring (bicyclic) bond motifs is 1. The lowest BCUT2D eigenvalue weighted by Crippen LogP contribution is -2.25. The molecule has 0 saturated carbocycles. The molecule has 18 heavy (non-hydrogen) atoms. The van der Waals surface area contributed by atoms with E-state index in [-0.39, 0.29) is 23.3 Å². The zero-order chi connectivity index (χ0) is 13.1. The molecule has 0 aromatic carbocycles. The van der Waals surface area contributed by atoms with Gasteiger partial charge in [0.05, 0.1) is 0 Å². The SMILES string of the molecule is CCNc1nc2ccccn2c(=O)c1C(=O)CC. The fourth-order valence-corrected chi connectivity index (χ4v) is 1.81. The molecule has 0 saturated heterocycles. The van der Waals surface area contributed by atoms with Gasteiger partial charge < -0.3 is 5.32 Å². The maximum Gasteiger partial charge on any atom is 0.270 e.